The van der Waals surface area contributed by atoms with Gasteiger partial charge in [0.25, 0.3) is 0 Å². The summed E-state index contributed by atoms with van der Waals surface area (Å²) in [6.45, 7) is 2.52. The van der Waals surface area contributed by atoms with Gasteiger partial charge >= 0.3 is 0 Å². The van der Waals surface area contributed by atoms with Gasteiger partial charge < -0.3 is 10.5 Å². The molecule has 0 unspecified atom stereocenters. The van der Waals surface area contributed by atoms with Gasteiger partial charge in [-0.3, -0.25) is 4.40 Å². The number of hydrogen-bond donors (Lipinski definition) is 1. The predicted octanol–water partition coefficient (Wildman–Crippen LogP) is 2.80. The topological polar surface area (TPSA) is 52.5 Å². The minimum absolute atomic E-state index is 0.466. The number of pyridine rings is 1. The zero-order valence-electron chi connectivity index (χ0n) is 10.7. The van der Waals surface area contributed by atoms with Crippen molar-refractivity contribution in [2.75, 3.05) is 5.73 Å². The van der Waals surface area contributed by atoms with E-state index >= 15 is 0 Å². The molecule has 4 heteroatoms. The molecule has 1 aromatic carbocycles. The van der Waals surface area contributed by atoms with E-state index in [0.29, 0.717) is 12.3 Å². The normalized spacial score (nSPS) is 10.8. The summed E-state index contributed by atoms with van der Waals surface area (Å²) in [6, 6.07) is 11.7. The fraction of sp³-hybridized carbons (Fsp3) is 0.133. The number of benzene rings is 1. The first kappa shape index (κ1) is 11.6. The second kappa shape index (κ2) is 4.65. The van der Waals surface area contributed by atoms with Crippen LogP contribution >= 0.6 is 0 Å². The lowest BCUT2D eigenvalue weighted by Crippen LogP contribution is -2.00. The first-order valence-electron chi connectivity index (χ1n) is 6.13. The number of aryl methyl sites for hydroxylation is 1. The first-order valence-corrected chi connectivity index (χ1v) is 6.13. The maximum Gasteiger partial charge on any atom is 0.137 e. The van der Waals surface area contributed by atoms with Crippen molar-refractivity contribution < 1.29 is 4.74 Å². The maximum absolute atomic E-state index is 5.79. The highest BCUT2D eigenvalue weighted by molar-refractivity contribution is 5.48. The minimum Gasteiger partial charge on any atom is -0.487 e. The second-order valence-corrected chi connectivity index (χ2v) is 4.54. The molecule has 4 nitrogen and oxygen atoms in total. The number of ether oxygens (including phenoxy) is 1. The van der Waals surface area contributed by atoms with Crippen LogP contribution in [0.1, 0.15) is 11.3 Å². The zero-order valence-corrected chi connectivity index (χ0v) is 10.7. The zero-order chi connectivity index (χ0) is 13.2. The molecule has 0 aliphatic heterocycles. The van der Waals surface area contributed by atoms with Crippen molar-refractivity contribution >= 4 is 11.3 Å². The van der Waals surface area contributed by atoms with E-state index in [-0.39, 0.29) is 0 Å². The van der Waals surface area contributed by atoms with E-state index in [2.05, 4.69) is 11.9 Å². The standard InChI is InChI=1S/C15H15N3O/c1-11-2-5-14(6-3-11)19-10-13-8-17-15-7-4-12(16)9-18(13)15/h2-9H,10,16H2,1H3. The lowest BCUT2D eigenvalue weighted by Gasteiger charge is -2.06. The van der Waals surface area contributed by atoms with Crippen molar-refractivity contribution in [1.29, 1.82) is 0 Å². The van der Waals surface area contributed by atoms with E-state index in [1.165, 1.54) is 5.56 Å². The van der Waals surface area contributed by atoms with Crippen molar-refractivity contribution in [2.45, 2.75) is 13.5 Å². The Balaban J connectivity index is 1.81. The number of anilines is 1. The molecular weight excluding hydrogens is 238 g/mol. The molecule has 0 aliphatic rings. The Bertz CT molecular complexity index is 701. The number of aromatic nitrogens is 2. The van der Waals surface area contributed by atoms with Crippen molar-refractivity contribution in [3.05, 3.63) is 60.0 Å². The number of nitrogen functional groups attached to an aromatic ring is 1. The van der Waals surface area contributed by atoms with Crippen LogP contribution in [0.3, 0.4) is 0 Å². The summed E-state index contributed by atoms with van der Waals surface area (Å²) in [5.74, 6) is 0.851. The summed E-state index contributed by atoms with van der Waals surface area (Å²) >= 11 is 0. The number of nitrogens with two attached hydrogens (primary N) is 1. The fourth-order valence-corrected chi connectivity index (χ4v) is 1.95. The van der Waals surface area contributed by atoms with E-state index in [4.69, 9.17) is 10.5 Å². The molecule has 0 radical (unpaired) electrons. The van der Waals surface area contributed by atoms with Crippen LogP contribution < -0.4 is 10.5 Å². The van der Waals surface area contributed by atoms with Crippen LogP contribution in [0.15, 0.2) is 48.8 Å². The molecule has 19 heavy (non-hydrogen) atoms. The highest BCUT2D eigenvalue weighted by Gasteiger charge is 2.04. The van der Waals surface area contributed by atoms with E-state index < -0.39 is 0 Å². The van der Waals surface area contributed by atoms with Gasteiger partial charge in [0.05, 0.1) is 11.9 Å². The molecule has 0 atom stereocenters. The Morgan fingerprint density at radius 2 is 1.95 bits per heavy atom. The number of nitrogens with zero attached hydrogens (tertiary/aromatic N) is 2. The summed E-state index contributed by atoms with van der Waals surface area (Å²) in [6.07, 6.45) is 3.67. The Morgan fingerprint density at radius 1 is 1.16 bits per heavy atom. The van der Waals surface area contributed by atoms with Crippen molar-refractivity contribution in [1.82, 2.24) is 9.38 Å². The molecule has 2 N–H and O–H groups in total. The van der Waals surface area contributed by atoms with Gasteiger partial charge in [-0.2, -0.15) is 0 Å². The van der Waals surface area contributed by atoms with Gasteiger partial charge in [-0.05, 0) is 31.2 Å². The quantitative estimate of drug-likeness (QED) is 0.781. The summed E-state index contributed by atoms with van der Waals surface area (Å²) in [7, 11) is 0. The van der Waals surface area contributed by atoms with E-state index in [1.807, 2.05) is 53.2 Å². The smallest absolute Gasteiger partial charge is 0.137 e. The molecule has 0 spiro atoms. The SMILES string of the molecule is Cc1ccc(OCc2cnc3ccc(N)cn23)cc1. The lowest BCUT2D eigenvalue weighted by molar-refractivity contribution is 0.300. The lowest BCUT2D eigenvalue weighted by atomic mass is 10.2. The molecule has 2 heterocycles. The molecular formula is C15H15N3O. The summed E-state index contributed by atoms with van der Waals surface area (Å²) in [4.78, 5) is 4.31. The second-order valence-electron chi connectivity index (χ2n) is 4.54. The average Bonchev–Trinajstić information content (AvgIpc) is 2.80. The van der Waals surface area contributed by atoms with Crippen LogP contribution in [0.5, 0.6) is 5.75 Å². The fourth-order valence-electron chi connectivity index (χ4n) is 1.95. The van der Waals surface area contributed by atoms with Crippen LogP contribution in [0.4, 0.5) is 5.69 Å². The van der Waals surface area contributed by atoms with Gasteiger partial charge in [-0.1, -0.05) is 17.7 Å². The Hall–Kier alpha value is -2.49. The van der Waals surface area contributed by atoms with Crippen LogP contribution in [0.2, 0.25) is 0 Å². The molecule has 0 saturated carbocycles. The Kier molecular flexibility index (Phi) is 2.83. The molecule has 0 saturated heterocycles. The number of fused-ring (bicyclic) bond motifs is 1. The first-order chi connectivity index (χ1) is 9.22. The largest absolute Gasteiger partial charge is 0.487 e. The van der Waals surface area contributed by atoms with Gasteiger partial charge in [0, 0.05) is 11.9 Å². The van der Waals surface area contributed by atoms with Crippen molar-refractivity contribution in [3.63, 3.8) is 0 Å². The van der Waals surface area contributed by atoms with Gasteiger partial charge in [-0.25, -0.2) is 4.98 Å². The molecule has 2 aromatic heterocycles. The number of hydrogen-bond acceptors (Lipinski definition) is 3. The van der Waals surface area contributed by atoms with E-state index in [0.717, 1.165) is 17.1 Å². The van der Waals surface area contributed by atoms with Crippen LogP contribution in [-0.2, 0) is 6.61 Å². The van der Waals surface area contributed by atoms with E-state index in [1.54, 1.807) is 0 Å². The van der Waals surface area contributed by atoms with Gasteiger partial charge in [0.15, 0.2) is 0 Å². The average molecular weight is 253 g/mol. The molecule has 96 valence electrons. The molecule has 0 aliphatic carbocycles. The summed E-state index contributed by atoms with van der Waals surface area (Å²) < 4.78 is 7.70. The van der Waals surface area contributed by atoms with E-state index in [9.17, 15) is 0 Å². The van der Waals surface area contributed by atoms with Gasteiger partial charge in [0.2, 0.25) is 0 Å². The minimum atomic E-state index is 0.466. The number of imidazole rings is 1. The van der Waals surface area contributed by atoms with Gasteiger partial charge in [0.1, 0.15) is 18.0 Å². The monoisotopic (exact) mass is 253 g/mol. The van der Waals surface area contributed by atoms with Crippen molar-refractivity contribution in [3.8, 4) is 5.75 Å². The van der Waals surface area contributed by atoms with Crippen molar-refractivity contribution in [2.24, 2.45) is 0 Å². The third-order valence-corrected chi connectivity index (χ3v) is 3.01. The molecule has 0 bridgehead atoms. The Morgan fingerprint density at radius 3 is 2.74 bits per heavy atom. The molecule has 0 amide bonds. The highest BCUT2D eigenvalue weighted by Crippen LogP contribution is 2.15. The molecule has 3 aromatic rings. The van der Waals surface area contributed by atoms with Crippen LogP contribution in [-0.4, -0.2) is 9.38 Å². The third-order valence-electron chi connectivity index (χ3n) is 3.01. The van der Waals surface area contributed by atoms with Gasteiger partial charge in [-0.15, -0.1) is 0 Å². The predicted molar refractivity (Wildman–Crippen MR) is 75.1 cm³/mol. The summed E-state index contributed by atoms with van der Waals surface area (Å²) in [5.41, 5.74) is 9.56. The molecule has 3 rings (SSSR count). The third kappa shape index (κ3) is 2.38. The number of rotatable bonds is 3. The summed E-state index contributed by atoms with van der Waals surface area (Å²) in [5, 5.41) is 0. The molecule has 0 fully saturated rings. The maximum atomic E-state index is 5.79. The Labute approximate surface area is 111 Å². The van der Waals surface area contributed by atoms with Crippen LogP contribution in [0.25, 0.3) is 5.65 Å². The van der Waals surface area contributed by atoms with Crippen LogP contribution in [0, 0.1) is 6.92 Å². The highest BCUT2D eigenvalue weighted by atomic mass is 16.5.